The molecule has 12 heteroatoms. The van der Waals surface area contributed by atoms with Crippen molar-refractivity contribution >= 4 is 41.0 Å². The maximum Gasteiger partial charge on any atom is 0.415 e. The predicted octanol–water partition coefficient (Wildman–Crippen LogP) is 3.22. The van der Waals surface area contributed by atoms with Gasteiger partial charge in [0.1, 0.15) is 17.9 Å². The smallest absolute Gasteiger partial charge is 0.410 e. The monoisotopic (exact) mass is 481 g/mol. The lowest BCUT2D eigenvalue weighted by Crippen LogP contribution is -2.55. The number of hydrogen-bond acceptors (Lipinski definition) is 7. The van der Waals surface area contributed by atoms with E-state index >= 15 is 0 Å². The molecular formula is C22H16ClN5O6. The van der Waals surface area contributed by atoms with E-state index in [0.717, 1.165) is 4.90 Å². The lowest BCUT2D eigenvalue weighted by Gasteiger charge is -2.34. The van der Waals surface area contributed by atoms with E-state index in [2.05, 4.69) is 0 Å². The molecule has 3 fully saturated rings. The summed E-state index contributed by atoms with van der Waals surface area (Å²) in [5, 5.41) is 20.1. The number of rotatable bonds is 3. The van der Waals surface area contributed by atoms with Gasteiger partial charge in [0, 0.05) is 18.7 Å². The second-order valence-corrected chi connectivity index (χ2v) is 8.60. The third-order valence-corrected chi connectivity index (χ3v) is 6.96. The third-order valence-electron chi connectivity index (χ3n) is 6.47. The number of non-ortho nitro benzene ring substituents is 1. The van der Waals surface area contributed by atoms with Crippen LogP contribution < -0.4 is 9.64 Å². The number of nitrogens with zero attached hydrogens (tertiary/aromatic N) is 5. The summed E-state index contributed by atoms with van der Waals surface area (Å²) in [6.45, 7) is 1.83. The van der Waals surface area contributed by atoms with Gasteiger partial charge in [-0.05, 0) is 43.2 Å². The minimum Gasteiger partial charge on any atom is -0.410 e. The molecule has 2 bridgehead atoms. The molecule has 4 amide bonds. The molecule has 0 spiro atoms. The molecule has 0 N–H and O–H groups in total. The van der Waals surface area contributed by atoms with Crippen molar-refractivity contribution in [3.8, 4) is 11.8 Å². The maximum absolute atomic E-state index is 13.3. The van der Waals surface area contributed by atoms with E-state index in [-0.39, 0.29) is 34.6 Å². The zero-order valence-corrected chi connectivity index (χ0v) is 18.4. The number of ether oxygens (including phenoxy) is 1. The van der Waals surface area contributed by atoms with Crippen molar-refractivity contribution in [2.75, 3.05) is 11.4 Å². The van der Waals surface area contributed by atoms with Crippen LogP contribution in [0.1, 0.15) is 17.5 Å². The number of carbonyl (C=O) groups excluding carboxylic acids is 3. The van der Waals surface area contributed by atoms with E-state index in [1.807, 2.05) is 6.07 Å². The molecule has 0 saturated carbocycles. The van der Waals surface area contributed by atoms with Crippen molar-refractivity contribution in [2.24, 2.45) is 0 Å². The average Bonchev–Trinajstić information content (AvgIpc) is 3.48. The SMILES string of the molecule is Cc1c(N2C(=O)C3C4CC(CN4C(=O)Oc4ccc([N+](=O)[O-])cc4)N3C2=O)ccc(C#N)c1Cl. The number of hydrogen-bond donors (Lipinski definition) is 0. The van der Waals surface area contributed by atoms with Crippen LogP contribution in [0.2, 0.25) is 5.02 Å². The summed E-state index contributed by atoms with van der Waals surface area (Å²) in [5.74, 6) is -0.345. The molecular weight excluding hydrogens is 466 g/mol. The van der Waals surface area contributed by atoms with Crippen LogP contribution in [0.25, 0.3) is 0 Å². The number of anilines is 1. The summed E-state index contributed by atoms with van der Waals surface area (Å²) >= 11 is 6.24. The average molecular weight is 482 g/mol. The highest BCUT2D eigenvalue weighted by Crippen LogP contribution is 2.44. The van der Waals surface area contributed by atoms with Crippen LogP contribution in [0.3, 0.4) is 0 Å². The number of fused-ring (bicyclic) bond motifs is 5. The Bertz CT molecular complexity index is 1310. The van der Waals surface area contributed by atoms with Crippen LogP contribution in [-0.2, 0) is 4.79 Å². The van der Waals surface area contributed by atoms with Crippen molar-refractivity contribution in [3.63, 3.8) is 0 Å². The van der Waals surface area contributed by atoms with Gasteiger partial charge in [0.15, 0.2) is 0 Å². The van der Waals surface area contributed by atoms with E-state index in [1.54, 1.807) is 6.92 Å². The summed E-state index contributed by atoms with van der Waals surface area (Å²) in [6, 6.07) is 7.76. The first-order chi connectivity index (χ1) is 16.2. The summed E-state index contributed by atoms with van der Waals surface area (Å²) in [5.41, 5.74) is 0.838. The van der Waals surface area contributed by atoms with Gasteiger partial charge in [0.05, 0.1) is 33.3 Å². The van der Waals surface area contributed by atoms with Gasteiger partial charge < -0.3 is 14.5 Å². The molecule has 2 aromatic rings. The van der Waals surface area contributed by atoms with E-state index in [9.17, 15) is 24.5 Å². The highest BCUT2D eigenvalue weighted by molar-refractivity contribution is 6.33. The number of likely N-dealkylation sites (tertiary alicyclic amines) is 1. The second-order valence-electron chi connectivity index (χ2n) is 8.22. The largest absolute Gasteiger partial charge is 0.415 e. The molecule has 3 heterocycles. The van der Waals surface area contributed by atoms with Crippen molar-refractivity contribution in [2.45, 2.75) is 31.5 Å². The fraction of sp³-hybridized carbons (Fsp3) is 0.273. The number of halogens is 1. The van der Waals surface area contributed by atoms with Gasteiger partial charge in [-0.25, -0.2) is 14.5 Å². The molecule has 3 atom stereocenters. The summed E-state index contributed by atoms with van der Waals surface area (Å²) in [7, 11) is 0. The fourth-order valence-electron chi connectivity index (χ4n) is 4.89. The van der Waals surface area contributed by atoms with Crippen molar-refractivity contribution < 1.29 is 24.0 Å². The molecule has 0 aromatic heterocycles. The predicted molar refractivity (Wildman–Crippen MR) is 117 cm³/mol. The molecule has 0 aliphatic carbocycles. The number of nitro benzene ring substituents is 1. The highest BCUT2D eigenvalue weighted by atomic mass is 35.5. The Labute approximate surface area is 197 Å². The van der Waals surface area contributed by atoms with Crippen LogP contribution in [0, 0.1) is 28.4 Å². The summed E-state index contributed by atoms with van der Waals surface area (Å²) in [4.78, 5) is 53.6. The molecule has 3 unspecified atom stereocenters. The van der Waals surface area contributed by atoms with Crippen LogP contribution in [0.4, 0.5) is 21.0 Å². The minimum atomic E-state index is -0.857. The first-order valence-electron chi connectivity index (χ1n) is 10.3. The number of carbonyl (C=O) groups is 3. The second kappa shape index (κ2) is 7.71. The number of urea groups is 1. The molecule has 172 valence electrons. The molecule has 34 heavy (non-hydrogen) atoms. The molecule has 3 aliphatic rings. The minimum absolute atomic E-state index is 0.133. The van der Waals surface area contributed by atoms with Crippen LogP contribution in [0.5, 0.6) is 5.75 Å². The third kappa shape index (κ3) is 3.07. The van der Waals surface area contributed by atoms with Gasteiger partial charge >= 0.3 is 12.1 Å². The lowest BCUT2D eigenvalue weighted by molar-refractivity contribution is -0.384. The Morgan fingerprint density at radius 3 is 2.59 bits per heavy atom. The van der Waals surface area contributed by atoms with Gasteiger partial charge in [-0.2, -0.15) is 5.26 Å². The van der Waals surface area contributed by atoms with Crippen molar-refractivity contribution in [1.29, 1.82) is 5.26 Å². The molecule has 11 nitrogen and oxygen atoms in total. The number of imide groups is 1. The van der Waals surface area contributed by atoms with E-state index in [4.69, 9.17) is 21.6 Å². The van der Waals surface area contributed by atoms with Gasteiger partial charge in [0.25, 0.3) is 11.6 Å². The van der Waals surface area contributed by atoms with Crippen LogP contribution >= 0.6 is 11.6 Å². The van der Waals surface area contributed by atoms with Crippen LogP contribution in [0.15, 0.2) is 36.4 Å². The van der Waals surface area contributed by atoms with Gasteiger partial charge in [0.2, 0.25) is 0 Å². The zero-order chi connectivity index (χ0) is 24.3. The van der Waals surface area contributed by atoms with Gasteiger partial charge in [-0.1, -0.05) is 11.6 Å². The fourth-order valence-corrected chi connectivity index (χ4v) is 5.09. The number of piperazine rings is 1. The molecule has 3 saturated heterocycles. The van der Waals surface area contributed by atoms with E-state index in [1.165, 1.54) is 46.2 Å². The number of nitro groups is 1. The van der Waals surface area contributed by atoms with Crippen LogP contribution in [-0.4, -0.2) is 57.4 Å². The Hall–Kier alpha value is -4.17. The number of amides is 4. The van der Waals surface area contributed by atoms with Gasteiger partial charge in [-0.15, -0.1) is 0 Å². The topological polar surface area (TPSA) is 137 Å². The molecule has 3 aliphatic heterocycles. The maximum atomic E-state index is 13.3. The highest BCUT2D eigenvalue weighted by Gasteiger charge is 2.63. The summed E-state index contributed by atoms with van der Waals surface area (Å²) < 4.78 is 5.36. The zero-order valence-electron chi connectivity index (χ0n) is 17.7. The molecule has 2 aromatic carbocycles. The first kappa shape index (κ1) is 21.7. The van der Waals surface area contributed by atoms with Crippen molar-refractivity contribution in [3.05, 3.63) is 62.7 Å². The van der Waals surface area contributed by atoms with E-state index in [0.29, 0.717) is 17.7 Å². The normalized spacial score (nSPS) is 22.7. The molecule has 0 radical (unpaired) electrons. The Morgan fingerprint density at radius 2 is 1.94 bits per heavy atom. The van der Waals surface area contributed by atoms with Crippen molar-refractivity contribution in [1.82, 2.24) is 9.80 Å². The molecule has 5 rings (SSSR count). The Morgan fingerprint density at radius 1 is 1.24 bits per heavy atom. The summed E-state index contributed by atoms with van der Waals surface area (Å²) in [6.07, 6.45) is -0.254. The lowest BCUT2D eigenvalue weighted by atomic mass is 10.1. The first-order valence-corrected chi connectivity index (χ1v) is 10.7. The quantitative estimate of drug-likeness (QED) is 0.372. The number of benzene rings is 2. The Balaban J connectivity index is 1.37. The number of nitriles is 1. The van der Waals surface area contributed by atoms with Gasteiger partial charge in [-0.3, -0.25) is 14.9 Å². The van der Waals surface area contributed by atoms with E-state index < -0.39 is 35.0 Å². The Kier molecular flexibility index (Phi) is 4.91. The standard InChI is InChI=1S/C22H16ClN5O6/c1-11-16(7-2-12(9-24)18(11)23)27-20(29)19-17-8-14(26(19)21(27)30)10-25(17)22(31)34-15-5-3-13(4-6-15)28(32)33/h2-7,14,17,19H,8,10H2,1H3.